The number of aromatic nitrogens is 2. The number of aromatic amines is 1. The van der Waals surface area contributed by atoms with Crippen molar-refractivity contribution in [3.8, 4) is 0 Å². The lowest BCUT2D eigenvalue weighted by atomic mass is 10.2. The lowest BCUT2D eigenvalue weighted by molar-refractivity contribution is 1.13. The van der Waals surface area contributed by atoms with Gasteiger partial charge in [0.05, 0.1) is 10.9 Å². The quantitative estimate of drug-likeness (QED) is 0.536. The fraction of sp³-hybridized carbons (Fsp3) is 0.100. The minimum atomic E-state index is -0.287. The smallest absolute Gasteiger partial charge is 0.261 e. The van der Waals surface area contributed by atoms with Gasteiger partial charge in [0.1, 0.15) is 0 Å². The highest BCUT2D eigenvalue weighted by Crippen LogP contribution is 2.24. The first-order valence-electron chi connectivity index (χ1n) is 4.78. The fourth-order valence-electron chi connectivity index (χ4n) is 1.46. The van der Waals surface area contributed by atoms with Crippen molar-refractivity contribution < 1.29 is 0 Å². The Bertz CT molecular complexity index is 672. The van der Waals surface area contributed by atoms with E-state index in [-0.39, 0.29) is 17.5 Å². The highest BCUT2D eigenvalue weighted by Gasteiger charge is 2.08. The van der Waals surface area contributed by atoms with Crippen molar-refractivity contribution in [1.82, 2.24) is 9.97 Å². The molecule has 0 saturated carbocycles. The summed E-state index contributed by atoms with van der Waals surface area (Å²) in [6, 6.07) is 3.61. The van der Waals surface area contributed by atoms with Crippen LogP contribution in [0.2, 0.25) is 0 Å². The zero-order valence-electron chi connectivity index (χ0n) is 8.99. The molecule has 6 nitrogen and oxygen atoms in total. The normalized spacial score (nSPS) is 10.5. The van der Waals surface area contributed by atoms with Crippen molar-refractivity contribution in [3.05, 3.63) is 32.5 Å². The van der Waals surface area contributed by atoms with Gasteiger partial charge in [-0.05, 0) is 34.5 Å². The zero-order chi connectivity index (χ0) is 12.6. The van der Waals surface area contributed by atoms with Crippen LogP contribution in [0.3, 0.4) is 0 Å². The predicted molar refractivity (Wildman–Crippen MR) is 70.3 cm³/mol. The molecule has 1 aromatic carbocycles. The molecule has 2 aromatic rings. The molecule has 2 rings (SSSR count). The average molecular weight is 296 g/mol. The number of hydrogen-bond donors (Lipinski definition) is 3. The molecule has 0 aliphatic heterocycles. The Morgan fingerprint density at radius 2 is 2.18 bits per heavy atom. The van der Waals surface area contributed by atoms with Gasteiger partial charge in [0.2, 0.25) is 5.95 Å². The van der Waals surface area contributed by atoms with E-state index in [9.17, 15) is 4.79 Å². The van der Waals surface area contributed by atoms with E-state index in [0.717, 1.165) is 10.0 Å². The molecule has 0 aliphatic carbocycles. The third-order valence-electron chi connectivity index (χ3n) is 2.23. The van der Waals surface area contributed by atoms with Gasteiger partial charge in [-0.1, -0.05) is 6.07 Å². The lowest BCUT2D eigenvalue weighted by Crippen LogP contribution is -2.22. The fourth-order valence-corrected chi connectivity index (χ4v) is 1.98. The molecule has 0 unspecified atom stereocenters. The van der Waals surface area contributed by atoms with Crippen molar-refractivity contribution >= 4 is 38.7 Å². The lowest BCUT2D eigenvalue weighted by Gasteiger charge is -2.03. The summed E-state index contributed by atoms with van der Waals surface area (Å²) < 4.78 is 0.722. The molecule has 17 heavy (non-hydrogen) atoms. The Labute approximate surface area is 105 Å². The van der Waals surface area contributed by atoms with Gasteiger partial charge in [-0.15, -0.1) is 0 Å². The number of aliphatic imine (C=N–C) groups is 1. The minimum Gasteiger partial charge on any atom is -0.370 e. The number of H-pyrrole nitrogens is 1. The second kappa shape index (κ2) is 4.17. The van der Waals surface area contributed by atoms with Crippen LogP contribution in [0.4, 0.5) is 5.95 Å². The molecule has 5 N–H and O–H groups in total. The maximum atomic E-state index is 11.9. The van der Waals surface area contributed by atoms with E-state index in [1.807, 2.05) is 13.0 Å². The molecule has 0 bridgehead atoms. The summed E-state index contributed by atoms with van der Waals surface area (Å²) >= 11 is 3.36. The largest absolute Gasteiger partial charge is 0.370 e. The topological polar surface area (TPSA) is 110 Å². The van der Waals surface area contributed by atoms with Crippen LogP contribution in [-0.2, 0) is 0 Å². The molecule has 0 saturated heterocycles. The van der Waals surface area contributed by atoms with E-state index < -0.39 is 0 Å². The van der Waals surface area contributed by atoms with Crippen LogP contribution in [0.25, 0.3) is 10.9 Å². The molecule has 0 fully saturated rings. The van der Waals surface area contributed by atoms with E-state index in [2.05, 4.69) is 30.9 Å². The van der Waals surface area contributed by atoms with E-state index in [4.69, 9.17) is 11.5 Å². The van der Waals surface area contributed by atoms with Crippen LogP contribution >= 0.6 is 15.9 Å². The summed E-state index contributed by atoms with van der Waals surface area (Å²) in [5.41, 5.74) is 11.7. The van der Waals surface area contributed by atoms with Crippen LogP contribution in [0.15, 0.2) is 26.4 Å². The van der Waals surface area contributed by atoms with Crippen LogP contribution in [0, 0.1) is 6.92 Å². The molecule has 7 heteroatoms. The second-order valence-corrected chi connectivity index (χ2v) is 4.31. The number of halogens is 1. The van der Waals surface area contributed by atoms with Crippen molar-refractivity contribution in [1.29, 1.82) is 0 Å². The van der Waals surface area contributed by atoms with Gasteiger partial charge in [0.25, 0.3) is 5.56 Å². The molecule has 0 aliphatic rings. The first-order valence-corrected chi connectivity index (χ1v) is 5.57. The molecule has 88 valence electrons. The summed E-state index contributed by atoms with van der Waals surface area (Å²) in [6.07, 6.45) is 0. The standard InChI is InChI=1S/C10H10BrN5O/c1-4-2-3-5-6(7(4)11)8(17)15-10(14-5)16-9(12)13/h2-3H,1H3,(H5,12,13,14,15,16,17). The molecule has 0 spiro atoms. The summed E-state index contributed by atoms with van der Waals surface area (Å²) in [4.78, 5) is 22.2. The zero-order valence-corrected chi connectivity index (χ0v) is 10.6. The third-order valence-corrected chi connectivity index (χ3v) is 3.25. The number of aryl methyl sites for hydroxylation is 1. The summed E-state index contributed by atoms with van der Waals surface area (Å²) in [5.74, 6) is -0.0584. The Kier molecular flexibility index (Phi) is 2.84. The van der Waals surface area contributed by atoms with E-state index >= 15 is 0 Å². The highest BCUT2D eigenvalue weighted by atomic mass is 79.9. The van der Waals surface area contributed by atoms with Crippen LogP contribution in [0.1, 0.15) is 5.56 Å². The Balaban J connectivity index is 2.82. The van der Waals surface area contributed by atoms with E-state index in [0.29, 0.717) is 10.9 Å². The van der Waals surface area contributed by atoms with E-state index in [1.165, 1.54) is 0 Å². The number of nitrogens with one attached hydrogen (secondary N) is 1. The van der Waals surface area contributed by atoms with Gasteiger partial charge < -0.3 is 11.5 Å². The van der Waals surface area contributed by atoms with E-state index in [1.54, 1.807) is 6.07 Å². The maximum absolute atomic E-state index is 11.9. The van der Waals surface area contributed by atoms with Gasteiger partial charge >= 0.3 is 0 Å². The monoisotopic (exact) mass is 295 g/mol. The van der Waals surface area contributed by atoms with Gasteiger partial charge in [0, 0.05) is 4.47 Å². The first-order chi connectivity index (χ1) is 7.99. The average Bonchev–Trinajstić information content (AvgIpc) is 2.22. The first kappa shape index (κ1) is 11.6. The van der Waals surface area contributed by atoms with Gasteiger partial charge in [-0.25, -0.2) is 4.98 Å². The van der Waals surface area contributed by atoms with Gasteiger partial charge in [-0.2, -0.15) is 4.99 Å². The minimum absolute atomic E-state index is 0.0956. The number of guanidine groups is 1. The molecule has 0 radical (unpaired) electrons. The number of benzene rings is 1. The summed E-state index contributed by atoms with van der Waals surface area (Å²) in [5, 5.41) is 0.486. The summed E-state index contributed by atoms with van der Waals surface area (Å²) in [7, 11) is 0. The molecular formula is C10H10BrN5O. The SMILES string of the molecule is Cc1ccc2nc(N=C(N)N)[nH]c(=O)c2c1Br. The molecule has 0 atom stereocenters. The number of nitrogens with two attached hydrogens (primary N) is 2. The summed E-state index contributed by atoms with van der Waals surface area (Å²) in [6.45, 7) is 1.90. The Hall–Kier alpha value is -1.89. The number of fused-ring (bicyclic) bond motifs is 1. The molecule has 0 amide bonds. The second-order valence-electron chi connectivity index (χ2n) is 3.52. The number of hydrogen-bond acceptors (Lipinski definition) is 3. The maximum Gasteiger partial charge on any atom is 0.261 e. The van der Waals surface area contributed by atoms with Gasteiger partial charge in [-0.3, -0.25) is 9.78 Å². The highest BCUT2D eigenvalue weighted by molar-refractivity contribution is 9.10. The van der Waals surface area contributed by atoms with Crippen molar-refractivity contribution in [2.45, 2.75) is 6.92 Å². The van der Waals surface area contributed by atoms with Gasteiger partial charge in [0.15, 0.2) is 5.96 Å². The van der Waals surface area contributed by atoms with Crippen molar-refractivity contribution in [2.24, 2.45) is 16.5 Å². The molecule has 1 aromatic heterocycles. The predicted octanol–water partition coefficient (Wildman–Crippen LogP) is 0.899. The Morgan fingerprint density at radius 1 is 1.47 bits per heavy atom. The van der Waals surface area contributed by atoms with Crippen molar-refractivity contribution in [2.75, 3.05) is 0 Å². The van der Waals surface area contributed by atoms with Crippen LogP contribution < -0.4 is 17.0 Å². The van der Waals surface area contributed by atoms with Crippen LogP contribution in [-0.4, -0.2) is 15.9 Å². The number of rotatable bonds is 1. The third kappa shape index (κ3) is 2.14. The Morgan fingerprint density at radius 3 is 2.82 bits per heavy atom. The van der Waals surface area contributed by atoms with Crippen LogP contribution in [0.5, 0.6) is 0 Å². The molecular weight excluding hydrogens is 286 g/mol. The molecule has 1 heterocycles. The van der Waals surface area contributed by atoms with Crippen molar-refractivity contribution in [3.63, 3.8) is 0 Å². The number of nitrogens with zero attached hydrogens (tertiary/aromatic N) is 2.